The van der Waals surface area contributed by atoms with Gasteiger partial charge in [0.05, 0.1) is 5.57 Å². The average molecular weight is 410 g/mol. The fourth-order valence-corrected chi connectivity index (χ4v) is 3.60. The van der Waals surface area contributed by atoms with Gasteiger partial charge in [0.15, 0.2) is 0 Å². The van der Waals surface area contributed by atoms with Gasteiger partial charge in [0.1, 0.15) is 11.5 Å². The summed E-state index contributed by atoms with van der Waals surface area (Å²) in [5.41, 5.74) is 2.82. The molecule has 5 nitrogen and oxygen atoms in total. The van der Waals surface area contributed by atoms with E-state index in [-0.39, 0.29) is 29.0 Å². The quantitative estimate of drug-likeness (QED) is 0.652. The van der Waals surface area contributed by atoms with Crippen LogP contribution in [0.25, 0.3) is 5.57 Å². The molecule has 158 valence electrons. The van der Waals surface area contributed by atoms with E-state index in [0.29, 0.717) is 17.8 Å². The lowest BCUT2D eigenvalue weighted by Gasteiger charge is -2.21. The summed E-state index contributed by atoms with van der Waals surface area (Å²) in [6.45, 7) is 10.2. The van der Waals surface area contributed by atoms with E-state index in [2.05, 4.69) is 24.1 Å². The van der Waals surface area contributed by atoms with Crippen LogP contribution in [0.15, 0.2) is 54.2 Å². The normalized spacial score (nSPS) is 14.1. The van der Waals surface area contributed by atoms with Crippen LogP contribution in [0.4, 0.5) is 15.8 Å². The molecule has 3 rings (SSSR count). The van der Waals surface area contributed by atoms with Gasteiger partial charge in [-0.15, -0.1) is 0 Å². The van der Waals surface area contributed by atoms with Crippen LogP contribution in [0.1, 0.15) is 33.3 Å². The lowest BCUT2D eigenvalue weighted by molar-refractivity contribution is -0.137. The van der Waals surface area contributed by atoms with Crippen molar-refractivity contribution in [1.29, 1.82) is 0 Å². The summed E-state index contributed by atoms with van der Waals surface area (Å²) in [7, 11) is 0. The van der Waals surface area contributed by atoms with Crippen molar-refractivity contribution in [2.24, 2.45) is 5.92 Å². The Kier molecular flexibility index (Phi) is 6.55. The van der Waals surface area contributed by atoms with E-state index in [1.165, 1.54) is 29.2 Å². The zero-order valence-corrected chi connectivity index (χ0v) is 17.9. The van der Waals surface area contributed by atoms with Crippen LogP contribution in [-0.2, 0) is 9.59 Å². The molecule has 0 saturated carbocycles. The molecule has 0 unspecified atom stereocenters. The van der Waals surface area contributed by atoms with Crippen LogP contribution < -0.4 is 10.2 Å². The fraction of sp³-hybridized carbons (Fsp3) is 0.333. The van der Waals surface area contributed by atoms with Crippen LogP contribution in [0.5, 0.6) is 0 Å². The third-order valence-electron chi connectivity index (χ3n) is 5.11. The summed E-state index contributed by atoms with van der Waals surface area (Å²) < 4.78 is 13.4. The molecule has 2 aromatic rings. The van der Waals surface area contributed by atoms with Gasteiger partial charge in [0.2, 0.25) is 0 Å². The Hall–Kier alpha value is -3.15. The molecule has 0 saturated heterocycles. The van der Waals surface area contributed by atoms with Crippen molar-refractivity contribution >= 4 is 28.8 Å². The number of nitrogens with zero attached hydrogens (tertiary/aromatic N) is 2. The van der Waals surface area contributed by atoms with Gasteiger partial charge in [-0.1, -0.05) is 26.0 Å². The van der Waals surface area contributed by atoms with Crippen molar-refractivity contribution in [3.05, 3.63) is 65.6 Å². The van der Waals surface area contributed by atoms with E-state index in [9.17, 15) is 14.0 Å². The molecule has 30 heavy (non-hydrogen) atoms. The molecule has 2 amide bonds. The van der Waals surface area contributed by atoms with E-state index >= 15 is 0 Å². The number of amides is 2. The molecule has 0 radical (unpaired) electrons. The topological polar surface area (TPSA) is 52.7 Å². The lowest BCUT2D eigenvalue weighted by Crippen LogP contribution is -2.35. The van der Waals surface area contributed by atoms with Crippen molar-refractivity contribution in [2.75, 3.05) is 29.9 Å². The van der Waals surface area contributed by atoms with E-state index in [1.54, 1.807) is 0 Å². The molecule has 1 N–H and O–H groups in total. The van der Waals surface area contributed by atoms with Crippen LogP contribution in [-0.4, -0.2) is 36.3 Å². The van der Waals surface area contributed by atoms with Gasteiger partial charge in [0, 0.05) is 31.0 Å². The van der Waals surface area contributed by atoms with Crippen molar-refractivity contribution in [2.45, 2.75) is 27.7 Å². The third-order valence-corrected chi connectivity index (χ3v) is 5.11. The van der Waals surface area contributed by atoms with Crippen LogP contribution in [0, 0.1) is 11.7 Å². The second-order valence-corrected chi connectivity index (χ2v) is 7.72. The molecule has 0 atom stereocenters. The summed E-state index contributed by atoms with van der Waals surface area (Å²) in [5.74, 6) is -0.972. The first-order valence-electron chi connectivity index (χ1n) is 10.3. The van der Waals surface area contributed by atoms with Gasteiger partial charge in [-0.3, -0.25) is 14.5 Å². The molecular weight excluding hydrogens is 381 g/mol. The minimum Gasteiger partial charge on any atom is -0.372 e. The smallest absolute Gasteiger partial charge is 0.278 e. The monoisotopic (exact) mass is 409 g/mol. The SMILES string of the molecule is CCN(CC)c1ccc(NC2=C(c3ccc(F)cc3)C(=O)N(CC(C)C)C2=O)cc1. The minimum atomic E-state index is -0.392. The highest BCUT2D eigenvalue weighted by atomic mass is 19.1. The van der Waals surface area contributed by atoms with Crippen molar-refractivity contribution in [1.82, 2.24) is 4.90 Å². The number of halogens is 1. The molecule has 0 spiro atoms. The highest BCUT2D eigenvalue weighted by molar-refractivity contribution is 6.36. The van der Waals surface area contributed by atoms with E-state index in [1.807, 2.05) is 38.1 Å². The predicted molar refractivity (Wildman–Crippen MR) is 119 cm³/mol. The lowest BCUT2D eigenvalue weighted by atomic mass is 10.0. The Bertz CT molecular complexity index is 945. The zero-order chi connectivity index (χ0) is 21.8. The first-order chi connectivity index (χ1) is 14.3. The second-order valence-electron chi connectivity index (χ2n) is 7.72. The third kappa shape index (κ3) is 4.37. The van der Waals surface area contributed by atoms with Crippen molar-refractivity contribution in [3.63, 3.8) is 0 Å². The standard InChI is InChI=1S/C24H28FN3O2/c1-5-27(6-2)20-13-11-19(12-14-20)26-22-21(17-7-9-18(25)10-8-17)23(29)28(24(22)30)15-16(3)4/h7-14,16,26H,5-6,15H2,1-4H3. The van der Waals surface area contributed by atoms with Gasteiger partial charge < -0.3 is 10.2 Å². The van der Waals surface area contributed by atoms with Crippen molar-refractivity contribution in [3.8, 4) is 0 Å². The average Bonchev–Trinajstić information content (AvgIpc) is 2.95. The maximum absolute atomic E-state index is 13.4. The molecule has 6 heteroatoms. The number of carbonyl (C=O) groups is 2. The molecule has 1 heterocycles. The number of hydrogen-bond donors (Lipinski definition) is 1. The number of benzene rings is 2. The Balaban J connectivity index is 1.97. The van der Waals surface area contributed by atoms with Gasteiger partial charge in [-0.25, -0.2) is 4.39 Å². The van der Waals surface area contributed by atoms with E-state index in [4.69, 9.17) is 0 Å². The number of rotatable bonds is 8. The second kappa shape index (κ2) is 9.11. The summed E-state index contributed by atoms with van der Waals surface area (Å²) in [6, 6.07) is 13.4. The molecule has 0 fully saturated rings. The molecule has 1 aliphatic rings. The van der Waals surface area contributed by atoms with E-state index in [0.717, 1.165) is 18.8 Å². The summed E-state index contributed by atoms with van der Waals surface area (Å²) in [6.07, 6.45) is 0. The maximum Gasteiger partial charge on any atom is 0.278 e. The first-order valence-corrected chi connectivity index (χ1v) is 10.3. The first kappa shape index (κ1) is 21.6. The molecule has 0 aromatic heterocycles. The van der Waals surface area contributed by atoms with Gasteiger partial charge in [-0.05, 0) is 61.7 Å². The Morgan fingerprint density at radius 2 is 1.53 bits per heavy atom. The molecule has 1 aliphatic heterocycles. The predicted octanol–water partition coefficient (Wildman–Crippen LogP) is 4.52. The van der Waals surface area contributed by atoms with Gasteiger partial charge in [-0.2, -0.15) is 0 Å². The Morgan fingerprint density at radius 1 is 0.933 bits per heavy atom. The molecule has 2 aromatic carbocycles. The summed E-state index contributed by atoms with van der Waals surface area (Å²) >= 11 is 0. The van der Waals surface area contributed by atoms with Crippen molar-refractivity contribution < 1.29 is 14.0 Å². The van der Waals surface area contributed by atoms with Gasteiger partial charge in [0.25, 0.3) is 11.8 Å². The highest BCUT2D eigenvalue weighted by Crippen LogP contribution is 2.31. The molecule has 0 aliphatic carbocycles. The fourth-order valence-electron chi connectivity index (χ4n) is 3.60. The van der Waals surface area contributed by atoms with Crippen LogP contribution in [0.3, 0.4) is 0 Å². The number of imide groups is 1. The minimum absolute atomic E-state index is 0.139. The van der Waals surface area contributed by atoms with Crippen LogP contribution >= 0.6 is 0 Å². The largest absolute Gasteiger partial charge is 0.372 e. The number of carbonyl (C=O) groups excluding carboxylic acids is 2. The molecular formula is C24H28FN3O2. The van der Waals surface area contributed by atoms with Gasteiger partial charge >= 0.3 is 0 Å². The summed E-state index contributed by atoms with van der Waals surface area (Å²) in [5, 5.41) is 3.14. The Labute approximate surface area is 177 Å². The zero-order valence-electron chi connectivity index (χ0n) is 17.9. The number of anilines is 2. The van der Waals surface area contributed by atoms with Crippen LogP contribution in [0.2, 0.25) is 0 Å². The number of nitrogens with one attached hydrogen (secondary N) is 1. The highest BCUT2D eigenvalue weighted by Gasteiger charge is 2.39. The Morgan fingerprint density at radius 3 is 2.07 bits per heavy atom. The number of hydrogen-bond acceptors (Lipinski definition) is 4. The summed E-state index contributed by atoms with van der Waals surface area (Å²) in [4.78, 5) is 29.6. The molecule has 0 bridgehead atoms. The maximum atomic E-state index is 13.4. The van der Waals surface area contributed by atoms with E-state index < -0.39 is 5.82 Å².